The van der Waals surface area contributed by atoms with E-state index in [9.17, 15) is 9.59 Å². The van der Waals surface area contributed by atoms with Crippen LogP contribution >= 0.6 is 11.6 Å². The van der Waals surface area contributed by atoms with E-state index in [2.05, 4.69) is 10.1 Å². The molecule has 5 nitrogen and oxygen atoms in total. The van der Waals surface area contributed by atoms with Crippen molar-refractivity contribution in [3.05, 3.63) is 47.0 Å². The van der Waals surface area contributed by atoms with E-state index in [1.165, 1.54) is 13.2 Å². The third-order valence-electron chi connectivity index (χ3n) is 2.71. The van der Waals surface area contributed by atoms with E-state index in [0.717, 1.165) is 5.56 Å². The maximum Gasteiger partial charge on any atom is 0.408 e. The molecule has 0 saturated heterocycles. The fourth-order valence-corrected chi connectivity index (χ4v) is 2.02. The summed E-state index contributed by atoms with van der Waals surface area (Å²) in [5, 5.41) is 3.33. The van der Waals surface area contributed by atoms with Gasteiger partial charge in [-0.25, -0.2) is 9.59 Å². The molecule has 0 aromatic heterocycles. The van der Waals surface area contributed by atoms with Crippen molar-refractivity contribution in [2.45, 2.75) is 38.8 Å². The smallest absolute Gasteiger partial charge is 0.408 e. The molecule has 0 aliphatic carbocycles. The molecule has 0 saturated carbocycles. The first-order chi connectivity index (χ1) is 10.7. The van der Waals surface area contributed by atoms with E-state index in [-0.39, 0.29) is 0 Å². The van der Waals surface area contributed by atoms with E-state index in [0.29, 0.717) is 11.4 Å². The molecule has 1 rings (SSSR count). The van der Waals surface area contributed by atoms with Crippen molar-refractivity contribution in [2.75, 3.05) is 7.11 Å². The molecule has 0 fully saturated rings. The van der Waals surface area contributed by atoms with Crippen LogP contribution in [0.4, 0.5) is 4.79 Å². The number of nitrogens with one attached hydrogen (secondary N) is 1. The number of hydrogen-bond donors (Lipinski definition) is 1. The zero-order chi connectivity index (χ0) is 17.5. The summed E-state index contributed by atoms with van der Waals surface area (Å²) >= 11 is 5.97. The van der Waals surface area contributed by atoms with Crippen LogP contribution < -0.4 is 5.32 Å². The molecule has 0 spiro atoms. The van der Waals surface area contributed by atoms with Crippen LogP contribution in [0.1, 0.15) is 26.3 Å². The van der Waals surface area contributed by atoms with Crippen molar-refractivity contribution in [1.29, 1.82) is 0 Å². The minimum atomic E-state index is -0.600. The number of methoxy groups -OCH3 is 1. The van der Waals surface area contributed by atoms with E-state index in [4.69, 9.17) is 16.3 Å². The summed E-state index contributed by atoms with van der Waals surface area (Å²) in [6, 6.07) is 6.86. The largest absolute Gasteiger partial charge is 0.466 e. The summed E-state index contributed by atoms with van der Waals surface area (Å²) in [5.74, 6) is -0.493. The van der Waals surface area contributed by atoms with E-state index >= 15 is 0 Å². The Balaban J connectivity index is 2.82. The number of halogens is 1. The summed E-state index contributed by atoms with van der Waals surface area (Å²) in [6.45, 7) is 5.34. The fraction of sp³-hybridized carbons (Fsp3) is 0.412. The Kier molecular flexibility index (Phi) is 7.10. The topological polar surface area (TPSA) is 64.6 Å². The number of amides is 1. The van der Waals surface area contributed by atoms with Crippen molar-refractivity contribution < 1.29 is 19.1 Å². The summed E-state index contributed by atoms with van der Waals surface area (Å²) in [6.07, 6.45) is 2.75. The molecule has 0 unspecified atom stereocenters. The summed E-state index contributed by atoms with van der Waals surface area (Å²) in [7, 11) is 1.29. The van der Waals surface area contributed by atoms with Crippen LogP contribution in [0.3, 0.4) is 0 Å². The standard InChI is InChI=1S/C17H22ClNO4/c1-17(2,3)23-16(21)19-14(8-9-15(20)22-4)11-12-6-5-7-13(18)10-12/h5-10,14H,11H2,1-4H3,(H,19,21)/b9-8+/t14-/m1/s1. The van der Waals surface area contributed by atoms with Gasteiger partial charge >= 0.3 is 12.1 Å². The number of rotatable bonds is 5. The first-order valence-corrected chi connectivity index (χ1v) is 7.57. The zero-order valence-electron chi connectivity index (χ0n) is 13.8. The van der Waals surface area contributed by atoms with Gasteiger partial charge in [-0.1, -0.05) is 29.8 Å². The fourth-order valence-electron chi connectivity index (χ4n) is 1.81. The minimum absolute atomic E-state index is 0.428. The lowest BCUT2D eigenvalue weighted by Gasteiger charge is -2.22. The van der Waals surface area contributed by atoms with Gasteiger partial charge in [-0.3, -0.25) is 0 Å². The Bertz CT molecular complexity index is 578. The molecular formula is C17H22ClNO4. The van der Waals surface area contributed by atoms with Crippen molar-refractivity contribution in [2.24, 2.45) is 0 Å². The summed E-state index contributed by atoms with van der Waals surface area (Å²) in [4.78, 5) is 23.2. The first kappa shape index (κ1) is 19.0. The molecule has 0 radical (unpaired) electrons. The average Bonchev–Trinajstić information content (AvgIpc) is 2.42. The quantitative estimate of drug-likeness (QED) is 0.658. The highest BCUT2D eigenvalue weighted by Gasteiger charge is 2.19. The highest BCUT2D eigenvalue weighted by Crippen LogP contribution is 2.13. The van der Waals surface area contributed by atoms with Crippen LogP contribution in [0.2, 0.25) is 5.02 Å². The molecule has 0 bridgehead atoms. The first-order valence-electron chi connectivity index (χ1n) is 7.20. The third-order valence-corrected chi connectivity index (χ3v) is 2.95. The minimum Gasteiger partial charge on any atom is -0.466 e. The normalized spacial score (nSPS) is 12.7. The second kappa shape index (κ2) is 8.58. The maximum absolute atomic E-state index is 11.9. The highest BCUT2D eigenvalue weighted by molar-refractivity contribution is 6.30. The lowest BCUT2D eigenvalue weighted by Crippen LogP contribution is -2.39. The van der Waals surface area contributed by atoms with E-state index < -0.39 is 23.7 Å². The lowest BCUT2D eigenvalue weighted by molar-refractivity contribution is -0.134. The van der Waals surface area contributed by atoms with Crippen LogP contribution in [-0.2, 0) is 20.7 Å². The summed E-state index contributed by atoms with van der Waals surface area (Å²) < 4.78 is 9.80. The zero-order valence-corrected chi connectivity index (χ0v) is 14.5. The molecule has 0 heterocycles. The van der Waals surface area contributed by atoms with Crippen LogP contribution in [0.5, 0.6) is 0 Å². The Morgan fingerprint density at radius 1 is 1.35 bits per heavy atom. The molecule has 1 N–H and O–H groups in total. The van der Waals surface area contributed by atoms with Gasteiger partial charge in [0, 0.05) is 11.1 Å². The van der Waals surface area contributed by atoms with Gasteiger partial charge in [0.05, 0.1) is 13.2 Å². The van der Waals surface area contributed by atoms with Gasteiger partial charge in [0.2, 0.25) is 0 Å². The van der Waals surface area contributed by atoms with Gasteiger partial charge in [-0.05, 0) is 44.9 Å². The Hall–Kier alpha value is -2.01. The summed E-state index contributed by atoms with van der Waals surface area (Å²) in [5.41, 5.74) is 0.324. The van der Waals surface area contributed by atoms with Crippen molar-refractivity contribution >= 4 is 23.7 Å². The molecule has 0 aliphatic rings. The van der Waals surface area contributed by atoms with Gasteiger partial charge in [-0.2, -0.15) is 0 Å². The molecule has 1 aromatic carbocycles. The molecular weight excluding hydrogens is 318 g/mol. The number of benzene rings is 1. The highest BCUT2D eigenvalue weighted by atomic mass is 35.5. The number of hydrogen-bond acceptors (Lipinski definition) is 4. The Morgan fingerprint density at radius 2 is 2.04 bits per heavy atom. The van der Waals surface area contributed by atoms with Crippen molar-refractivity contribution in [3.63, 3.8) is 0 Å². The van der Waals surface area contributed by atoms with Crippen LogP contribution in [0.25, 0.3) is 0 Å². The van der Waals surface area contributed by atoms with Crippen molar-refractivity contribution in [1.82, 2.24) is 5.32 Å². The second-order valence-electron chi connectivity index (χ2n) is 5.97. The van der Waals surface area contributed by atoms with Gasteiger partial charge in [0.25, 0.3) is 0 Å². The molecule has 23 heavy (non-hydrogen) atoms. The van der Waals surface area contributed by atoms with E-state index in [1.807, 2.05) is 12.1 Å². The number of carbonyl (C=O) groups is 2. The molecule has 6 heteroatoms. The Morgan fingerprint density at radius 3 is 2.61 bits per heavy atom. The van der Waals surface area contributed by atoms with Gasteiger partial charge in [-0.15, -0.1) is 0 Å². The monoisotopic (exact) mass is 339 g/mol. The lowest BCUT2D eigenvalue weighted by atomic mass is 10.1. The van der Waals surface area contributed by atoms with Crippen LogP contribution in [0.15, 0.2) is 36.4 Å². The SMILES string of the molecule is COC(=O)/C=C/[C@H](Cc1cccc(Cl)c1)NC(=O)OC(C)(C)C. The molecule has 0 aliphatic heterocycles. The Labute approximate surface area is 141 Å². The van der Waals surface area contributed by atoms with Gasteiger partial charge < -0.3 is 14.8 Å². The molecule has 1 aromatic rings. The average molecular weight is 340 g/mol. The number of alkyl carbamates (subject to hydrolysis) is 1. The third kappa shape index (κ3) is 8.26. The predicted molar refractivity (Wildman–Crippen MR) is 89.5 cm³/mol. The number of esters is 1. The predicted octanol–water partition coefficient (Wildman–Crippen LogP) is 3.51. The van der Waals surface area contributed by atoms with Gasteiger partial charge in [0.15, 0.2) is 0 Å². The van der Waals surface area contributed by atoms with Crippen LogP contribution in [-0.4, -0.2) is 30.8 Å². The second-order valence-corrected chi connectivity index (χ2v) is 6.41. The number of carbonyl (C=O) groups excluding carboxylic acids is 2. The molecule has 1 amide bonds. The van der Waals surface area contributed by atoms with Crippen LogP contribution in [0, 0.1) is 0 Å². The van der Waals surface area contributed by atoms with E-state index in [1.54, 1.807) is 39.0 Å². The van der Waals surface area contributed by atoms with Gasteiger partial charge in [0.1, 0.15) is 5.60 Å². The van der Waals surface area contributed by atoms with Crippen molar-refractivity contribution in [3.8, 4) is 0 Å². The molecule has 1 atom stereocenters. The molecule has 126 valence electrons. The maximum atomic E-state index is 11.9. The number of ether oxygens (including phenoxy) is 2.